The van der Waals surface area contributed by atoms with Crippen molar-refractivity contribution in [3.63, 3.8) is 0 Å². The second-order valence-electron chi connectivity index (χ2n) is 5.03. The summed E-state index contributed by atoms with van der Waals surface area (Å²) in [5.41, 5.74) is 0.825. The molecule has 108 valence electrons. The summed E-state index contributed by atoms with van der Waals surface area (Å²) in [6.07, 6.45) is 0.958. The molecule has 1 atom stereocenters. The smallest absolute Gasteiger partial charge is 0.267 e. The van der Waals surface area contributed by atoms with Gasteiger partial charge in [0.05, 0.1) is 18.9 Å². The minimum Gasteiger partial charge on any atom is -0.479 e. The number of carbonyl (C=O) groups excluding carboxylic acids is 1. The van der Waals surface area contributed by atoms with Gasteiger partial charge in [-0.3, -0.25) is 4.79 Å². The van der Waals surface area contributed by atoms with Crippen LogP contribution in [0.15, 0.2) is 24.3 Å². The van der Waals surface area contributed by atoms with E-state index in [1.165, 1.54) is 0 Å². The van der Waals surface area contributed by atoms with Gasteiger partial charge in [-0.25, -0.2) is 0 Å². The minimum atomic E-state index is -0.446. The molecule has 5 nitrogen and oxygen atoms in total. The van der Waals surface area contributed by atoms with Crippen molar-refractivity contribution in [3.05, 3.63) is 24.3 Å². The maximum absolute atomic E-state index is 12.3. The van der Waals surface area contributed by atoms with Crippen molar-refractivity contribution in [3.8, 4) is 5.75 Å². The highest BCUT2D eigenvalue weighted by atomic mass is 16.7. The van der Waals surface area contributed by atoms with Gasteiger partial charge in [0.2, 0.25) is 0 Å². The molecule has 0 N–H and O–H groups in total. The van der Waals surface area contributed by atoms with Crippen LogP contribution in [0, 0.1) is 0 Å². The number of hydrogen-bond acceptors (Lipinski definition) is 4. The molecule has 2 aliphatic heterocycles. The van der Waals surface area contributed by atoms with Gasteiger partial charge in [-0.2, -0.15) is 0 Å². The third-order valence-electron chi connectivity index (χ3n) is 3.56. The van der Waals surface area contributed by atoms with Gasteiger partial charge >= 0.3 is 0 Å². The zero-order chi connectivity index (χ0) is 13.9. The van der Waals surface area contributed by atoms with Gasteiger partial charge in [0, 0.05) is 13.0 Å². The molecule has 0 spiro atoms. The quantitative estimate of drug-likeness (QED) is 0.847. The molecule has 0 aliphatic carbocycles. The maximum Gasteiger partial charge on any atom is 0.267 e. The van der Waals surface area contributed by atoms with Crippen LogP contribution in [0.3, 0.4) is 0 Å². The van der Waals surface area contributed by atoms with Crippen LogP contribution in [0.5, 0.6) is 5.75 Å². The number of rotatable bonds is 3. The Balaban J connectivity index is 1.72. The molecule has 3 rings (SSSR count). The minimum absolute atomic E-state index is 0.0143. The van der Waals surface area contributed by atoms with Crippen LogP contribution in [-0.4, -0.2) is 38.1 Å². The lowest BCUT2D eigenvalue weighted by atomic mass is 10.1. The molecule has 2 aliphatic rings. The van der Waals surface area contributed by atoms with Crippen LogP contribution >= 0.6 is 0 Å². The van der Waals surface area contributed by atoms with E-state index in [1.54, 1.807) is 11.8 Å². The molecule has 5 heteroatoms. The Morgan fingerprint density at radius 3 is 2.80 bits per heavy atom. The lowest BCUT2D eigenvalue weighted by Gasteiger charge is -2.34. The van der Waals surface area contributed by atoms with E-state index in [1.807, 2.05) is 24.3 Å². The number of fused-ring (bicyclic) bond motifs is 1. The zero-order valence-electron chi connectivity index (χ0n) is 11.6. The van der Waals surface area contributed by atoms with Gasteiger partial charge in [0.25, 0.3) is 5.91 Å². The second kappa shape index (κ2) is 5.81. The number of para-hydroxylation sites is 2. The summed E-state index contributed by atoms with van der Waals surface area (Å²) in [7, 11) is 0. The molecule has 2 heterocycles. The topological polar surface area (TPSA) is 48.0 Å². The first-order valence-corrected chi connectivity index (χ1v) is 7.06. The predicted molar refractivity (Wildman–Crippen MR) is 73.8 cm³/mol. The predicted octanol–water partition coefficient (Wildman–Crippen LogP) is 1.95. The van der Waals surface area contributed by atoms with Gasteiger partial charge in [-0.1, -0.05) is 12.1 Å². The third-order valence-corrected chi connectivity index (χ3v) is 3.56. The highest BCUT2D eigenvalue weighted by Gasteiger charge is 2.31. The van der Waals surface area contributed by atoms with Crippen LogP contribution in [0.25, 0.3) is 0 Å². The number of hydrogen-bond donors (Lipinski definition) is 0. The molecular formula is C15H19NO4. The Morgan fingerprint density at radius 1 is 1.25 bits per heavy atom. The monoisotopic (exact) mass is 277 g/mol. The summed E-state index contributed by atoms with van der Waals surface area (Å²) in [4.78, 5) is 14.0. The summed E-state index contributed by atoms with van der Waals surface area (Å²) in [5.74, 6) is 0.740. The lowest BCUT2D eigenvalue weighted by molar-refractivity contribution is -0.180. The van der Waals surface area contributed by atoms with Crippen molar-refractivity contribution >= 4 is 11.6 Å². The fraction of sp³-hybridized carbons (Fsp3) is 0.533. The Morgan fingerprint density at radius 2 is 2.00 bits per heavy atom. The van der Waals surface area contributed by atoms with E-state index >= 15 is 0 Å². The molecule has 1 unspecified atom stereocenters. The first kappa shape index (κ1) is 13.4. The van der Waals surface area contributed by atoms with E-state index in [4.69, 9.17) is 14.2 Å². The number of anilines is 1. The fourth-order valence-electron chi connectivity index (χ4n) is 2.53. The zero-order valence-corrected chi connectivity index (χ0v) is 11.6. The molecule has 1 fully saturated rings. The number of carbonyl (C=O) groups is 1. The van der Waals surface area contributed by atoms with Crippen LogP contribution in [0.2, 0.25) is 0 Å². The molecule has 0 bridgehead atoms. The van der Waals surface area contributed by atoms with E-state index in [0.717, 1.165) is 31.1 Å². The Kier molecular flexibility index (Phi) is 3.89. The van der Waals surface area contributed by atoms with Crippen LogP contribution in [0.1, 0.15) is 19.8 Å². The summed E-state index contributed by atoms with van der Waals surface area (Å²) < 4.78 is 16.7. The largest absolute Gasteiger partial charge is 0.479 e. The second-order valence-corrected chi connectivity index (χ2v) is 5.03. The van der Waals surface area contributed by atoms with Crippen molar-refractivity contribution in [2.45, 2.75) is 32.2 Å². The number of amides is 1. The highest BCUT2D eigenvalue weighted by Crippen LogP contribution is 2.33. The van der Waals surface area contributed by atoms with E-state index in [-0.39, 0.29) is 12.2 Å². The molecule has 0 radical (unpaired) electrons. The summed E-state index contributed by atoms with van der Waals surface area (Å²) >= 11 is 0. The Bertz CT molecular complexity index is 485. The third kappa shape index (κ3) is 2.64. The standard InChI is InChI=1S/C15H19NO4/c1-11-15(17)16(8-7-14-18-9-4-10-19-14)12-5-2-3-6-13(12)20-11/h2-3,5-6,11,14H,4,7-10H2,1H3. The molecule has 1 amide bonds. The van der Waals surface area contributed by atoms with Gasteiger partial charge < -0.3 is 19.1 Å². The molecule has 1 aromatic rings. The van der Waals surface area contributed by atoms with Crippen molar-refractivity contribution in [2.75, 3.05) is 24.7 Å². The number of ether oxygens (including phenoxy) is 3. The Labute approximate surface area is 118 Å². The van der Waals surface area contributed by atoms with Crippen molar-refractivity contribution in [1.29, 1.82) is 0 Å². The Hall–Kier alpha value is -1.59. The average molecular weight is 277 g/mol. The van der Waals surface area contributed by atoms with Crippen LogP contribution in [0.4, 0.5) is 5.69 Å². The first-order chi connectivity index (χ1) is 9.75. The lowest BCUT2D eigenvalue weighted by Crippen LogP contribution is -2.45. The highest BCUT2D eigenvalue weighted by molar-refractivity contribution is 5.99. The van der Waals surface area contributed by atoms with E-state index < -0.39 is 6.10 Å². The van der Waals surface area contributed by atoms with Crippen molar-refractivity contribution in [2.24, 2.45) is 0 Å². The average Bonchev–Trinajstić information content (AvgIpc) is 2.49. The van der Waals surface area contributed by atoms with Gasteiger partial charge in [0.15, 0.2) is 12.4 Å². The van der Waals surface area contributed by atoms with Gasteiger partial charge in [-0.05, 0) is 25.5 Å². The SMILES string of the molecule is CC1Oc2ccccc2N(CCC2OCCCO2)C1=O. The summed E-state index contributed by atoms with van der Waals surface area (Å²) in [6, 6.07) is 7.61. The number of nitrogens with zero attached hydrogens (tertiary/aromatic N) is 1. The van der Waals surface area contributed by atoms with Crippen molar-refractivity contribution < 1.29 is 19.0 Å². The first-order valence-electron chi connectivity index (χ1n) is 7.06. The molecule has 1 aromatic carbocycles. The maximum atomic E-state index is 12.3. The van der Waals surface area contributed by atoms with Gasteiger partial charge in [-0.15, -0.1) is 0 Å². The molecule has 20 heavy (non-hydrogen) atoms. The molecular weight excluding hydrogens is 258 g/mol. The van der Waals surface area contributed by atoms with Crippen LogP contribution < -0.4 is 9.64 Å². The molecule has 1 saturated heterocycles. The summed E-state index contributed by atoms with van der Waals surface area (Å²) in [6.45, 7) is 3.82. The molecule has 0 saturated carbocycles. The van der Waals surface area contributed by atoms with E-state index in [0.29, 0.717) is 13.0 Å². The van der Waals surface area contributed by atoms with Crippen molar-refractivity contribution in [1.82, 2.24) is 0 Å². The normalized spacial score (nSPS) is 23.4. The number of benzene rings is 1. The molecule has 0 aromatic heterocycles. The van der Waals surface area contributed by atoms with Gasteiger partial charge in [0.1, 0.15) is 5.75 Å². The van der Waals surface area contributed by atoms with E-state index in [9.17, 15) is 4.79 Å². The van der Waals surface area contributed by atoms with Crippen LogP contribution in [-0.2, 0) is 14.3 Å². The fourth-order valence-corrected chi connectivity index (χ4v) is 2.53. The summed E-state index contributed by atoms with van der Waals surface area (Å²) in [5, 5.41) is 0. The van der Waals surface area contributed by atoms with E-state index in [2.05, 4.69) is 0 Å².